The lowest BCUT2D eigenvalue weighted by molar-refractivity contribution is -0.150. The number of piperidine rings is 1. The molecule has 0 N–H and O–H groups in total. The molecule has 15 heavy (non-hydrogen) atoms. The maximum atomic E-state index is 11.7. The van der Waals surface area contributed by atoms with Crippen LogP contribution >= 0.6 is 0 Å². The second kappa shape index (κ2) is 4.97. The van der Waals surface area contributed by atoms with Crippen molar-refractivity contribution in [3.8, 4) is 0 Å². The van der Waals surface area contributed by atoms with Crippen LogP contribution in [0.15, 0.2) is 0 Å². The third-order valence-electron chi connectivity index (χ3n) is 3.53. The van der Waals surface area contributed by atoms with E-state index in [0.29, 0.717) is 12.5 Å². The van der Waals surface area contributed by atoms with Crippen molar-refractivity contribution in [3.05, 3.63) is 0 Å². The van der Waals surface area contributed by atoms with E-state index >= 15 is 0 Å². The smallest absolute Gasteiger partial charge is 0.309 e. The zero-order valence-corrected chi connectivity index (χ0v) is 9.58. The van der Waals surface area contributed by atoms with Crippen molar-refractivity contribution in [2.24, 2.45) is 11.8 Å². The highest BCUT2D eigenvalue weighted by Crippen LogP contribution is 2.29. The molecule has 0 aromatic rings. The highest BCUT2D eigenvalue weighted by atomic mass is 16.5. The summed E-state index contributed by atoms with van der Waals surface area (Å²) in [4.78, 5) is 14.1. The molecule has 1 aliphatic carbocycles. The summed E-state index contributed by atoms with van der Waals surface area (Å²) in [5.41, 5.74) is 0. The fraction of sp³-hybridized carbons (Fsp3) is 0.917. The van der Waals surface area contributed by atoms with Crippen LogP contribution in [0.4, 0.5) is 0 Å². The fourth-order valence-corrected chi connectivity index (χ4v) is 2.09. The standard InChI is InChI=1S/C12H21NO2/c1-2-13-7-5-11(6-8-13)12(14)15-9-10-3-4-10/h10-11H,2-9H2,1H3. The summed E-state index contributed by atoms with van der Waals surface area (Å²) in [5.74, 6) is 0.911. The van der Waals surface area contributed by atoms with Gasteiger partial charge in [0.05, 0.1) is 12.5 Å². The normalized spacial score (nSPS) is 24.1. The maximum absolute atomic E-state index is 11.7. The minimum absolute atomic E-state index is 0.0534. The first-order valence-electron chi connectivity index (χ1n) is 6.18. The minimum atomic E-state index is 0.0534. The Labute approximate surface area is 91.8 Å². The Balaban J connectivity index is 1.66. The average Bonchev–Trinajstić information content (AvgIpc) is 3.10. The van der Waals surface area contributed by atoms with Crippen LogP contribution in [0.25, 0.3) is 0 Å². The molecular weight excluding hydrogens is 190 g/mol. The number of esters is 1. The number of rotatable bonds is 4. The lowest BCUT2D eigenvalue weighted by Gasteiger charge is -2.29. The van der Waals surface area contributed by atoms with Gasteiger partial charge in [-0.1, -0.05) is 6.92 Å². The molecule has 3 nitrogen and oxygen atoms in total. The largest absolute Gasteiger partial charge is 0.465 e. The molecule has 0 radical (unpaired) electrons. The molecule has 0 amide bonds. The van der Waals surface area contributed by atoms with Crippen molar-refractivity contribution < 1.29 is 9.53 Å². The predicted molar refractivity (Wildman–Crippen MR) is 58.5 cm³/mol. The Kier molecular flexibility index (Phi) is 3.62. The predicted octanol–water partition coefficient (Wildman–Crippen LogP) is 1.67. The molecular formula is C12H21NO2. The molecule has 1 saturated carbocycles. The van der Waals surface area contributed by atoms with E-state index in [-0.39, 0.29) is 11.9 Å². The van der Waals surface area contributed by atoms with E-state index in [1.165, 1.54) is 12.8 Å². The van der Waals surface area contributed by atoms with E-state index in [9.17, 15) is 4.79 Å². The summed E-state index contributed by atoms with van der Waals surface area (Å²) in [6, 6.07) is 0. The van der Waals surface area contributed by atoms with Gasteiger partial charge in [0, 0.05) is 0 Å². The van der Waals surface area contributed by atoms with Gasteiger partial charge < -0.3 is 9.64 Å². The zero-order chi connectivity index (χ0) is 10.7. The van der Waals surface area contributed by atoms with Crippen molar-refractivity contribution in [3.63, 3.8) is 0 Å². The Morgan fingerprint density at radius 1 is 1.27 bits per heavy atom. The van der Waals surface area contributed by atoms with Crippen LogP contribution in [0.1, 0.15) is 32.6 Å². The van der Waals surface area contributed by atoms with Crippen molar-refractivity contribution >= 4 is 5.97 Å². The Hall–Kier alpha value is -0.570. The molecule has 0 bridgehead atoms. The molecule has 0 atom stereocenters. The Morgan fingerprint density at radius 3 is 2.47 bits per heavy atom. The average molecular weight is 211 g/mol. The summed E-state index contributed by atoms with van der Waals surface area (Å²) in [7, 11) is 0. The molecule has 2 fully saturated rings. The molecule has 0 spiro atoms. The molecule has 1 saturated heterocycles. The van der Waals surface area contributed by atoms with E-state index in [1.807, 2.05) is 0 Å². The molecule has 2 aliphatic rings. The van der Waals surface area contributed by atoms with Crippen LogP contribution in [0.3, 0.4) is 0 Å². The first-order valence-corrected chi connectivity index (χ1v) is 6.18. The van der Waals surface area contributed by atoms with Crippen LogP contribution in [0.5, 0.6) is 0 Å². The van der Waals surface area contributed by atoms with Crippen LogP contribution in [-0.2, 0) is 9.53 Å². The van der Waals surface area contributed by atoms with Crippen molar-refractivity contribution in [1.29, 1.82) is 0 Å². The topological polar surface area (TPSA) is 29.5 Å². The summed E-state index contributed by atoms with van der Waals surface area (Å²) >= 11 is 0. The van der Waals surface area contributed by atoms with Gasteiger partial charge in [0.25, 0.3) is 0 Å². The number of hydrogen-bond acceptors (Lipinski definition) is 3. The van der Waals surface area contributed by atoms with Gasteiger partial charge in [-0.3, -0.25) is 4.79 Å². The highest BCUT2D eigenvalue weighted by Gasteiger charge is 2.28. The number of carbonyl (C=O) groups excluding carboxylic acids is 1. The molecule has 0 aromatic carbocycles. The van der Waals surface area contributed by atoms with Crippen LogP contribution < -0.4 is 0 Å². The third kappa shape index (κ3) is 3.20. The number of carbonyl (C=O) groups is 1. The zero-order valence-electron chi connectivity index (χ0n) is 9.58. The fourth-order valence-electron chi connectivity index (χ4n) is 2.09. The lowest BCUT2D eigenvalue weighted by atomic mass is 9.97. The number of hydrogen-bond donors (Lipinski definition) is 0. The first-order chi connectivity index (χ1) is 7.29. The van der Waals surface area contributed by atoms with Gasteiger partial charge in [-0.25, -0.2) is 0 Å². The minimum Gasteiger partial charge on any atom is -0.465 e. The van der Waals surface area contributed by atoms with Crippen LogP contribution in [-0.4, -0.2) is 37.1 Å². The van der Waals surface area contributed by atoms with E-state index in [1.54, 1.807) is 0 Å². The molecule has 2 rings (SSSR count). The molecule has 0 aromatic heterocycles. The molecule has 1 heterocycles. The van der Waals surface area contributed by atoms with E-state index in [2.05, 4.69) is 11.8 Å². The second-order valence-electron chi connectivity index (χ2n) is 4.78. The van der Waals surface area contributed by atoms with Crippen molar-refractivity contribution in [1.82, 2.24) is 4.90 Å². The second-order valence-corrected chi connectivity index (χ2v) is 4.78. The van der Waals surface area contributed by atoms with Crippen LogP contribution in [0, 0.1) is 11.8 Å². The first kappa shape index (κ1) is 10.9. The molecule has 3 heteroatoms. The van der Waals surface area contributed by atoms with Gasteiger partial charge in [-0.2, -0.15) is 0 Å². The van der Waals surface area contributed by atoms with E-state index in [0.717, 1.165) is 32.5 Å². The van der Waals surface area contributed by atoms with Crippen LogP contribution in [0.2, 0.25) is 0 Å². The summed E-state index contributed by atoms with van der Waals surface area (Å²) in [5, 5.41) is 0. The number of nitrogens with zero attached hydrogens (tertiary/aromatic N) is 1. The van der Waals surface area contributed by atoms with Gasteiger partial charge in [-0.05, 0) is 51.2 Å². The SMILES string of the molecule is CCN1CCC(C(=O)OCC2CC2)CC1. The summed E-state index contributed by atoms with van der Waals surface area (Å²) in [6.07, 6.45) is 4.47. The van der Waals surface area contributed by atoms with Gasteiger partial charge in [0.15, 0.2) is 0 Å². The maximum Gasteiger partial charge on any atom is 0.309 e. The molecule has 86 valence electrons. The number of ether oxygens (including phenoxy) is 1. The summed E-state index contributed by atoms with van der Waals surface area (Å²) < 4.78 is 5.32. The Bertz CT molecular complexity index is 218. The monoisotopic (exact) mass is 211 g/mol. The molecule has 0 unspecified atom stereocenters. The van der Waals surface area contributed by atoms with E-state index in [4.69, 9.17) is 4.74 Å². The van der Waals surface area contributed by atoms with Crippen molar-refractivity contribution in [2.45, 2.75) is 32.6 Å². The highest BCUT2D eigenvalue weighted by molar-refractivity contribution is 5.72. The molecule has 1 aliphatic heterocycles. The van der Waals surface area contributed by atoms with Gasteiger partial charge >= 0.3 is 5.97 Å². The van der Waals surface area contributed by atoms with Gasteiger partial charge in [0.2, 0.25) is 0 Å². The van der Waals surface area contributed by atoms with Gasteiger partial charge in [0.1, 0.15) is 0 Å². The van der Waals surface area contributed by atoms with Gasteiger partial charge in [-0.15, -0.1) is 0 Å². The lowest BCUT2D eigenvalue weighted by Crippen LogP contribution is -2.36. The number of likely N-dealkylation sites (tertiary alicyclic amines) is 1. The Morgan fingerprint density at radius 2 is 1.93 bits per heavy atom. The van der Waals surface area contributed by atoms with E-state index < -0.39 is 0 Å². The summed E-state index contributed by atoms with van der Waals surface area (Å²) in [6.45, 7) is 6.06. The quantitative estimate of drug-likeness (QED) is 0.662. The van der Waals surface area contributed by atoms with Crippen molar-refractivity contribution in [2.75, 3.05) is 26.2 Å². The third-order valence-corrected chi connectivity index (χ3v) is 3.53.